The van der Waals surface area contributed by atoms with Gasteiger partial charge in [-0.25, -0.2) is 18.4 Å². The second kappa shape index (κ2) is 7.87. The lowest BCUT2D eigenvalue weighted by Crippen LogP contribution is -2.00. The molecule has 2 aromatic carbocycles. The van der Waals surface area contributed by atoms with Crippen LogP contribution in [0.3, 0.4) is 0 Å². The molecule has 8 nitrogen and oxygen atoms in total. The zero-order chi connectivity index (χ0) is 18.5. The van der Waals surface area contributed by atoms with Crippen molar-refractivity contribution >= 4 is 27.5 Å². The monoisotopic (exact) mass is 375 g/mol. The van der Waals surface area contributed by atoms with E-state index in [0.29, 0.717) is 34.0 Å². The van der Waals surface area contributed by atoms with Crippen molar-refractivity contribution in [1.29, 1.82) is 0 Å². The predicted octanol–water partition coefficient (Wildman–Crippen LogP) is 2.16. The van der Waals surface area contributed by atoms with Gasteiger partial charge in [0.05, 0.1) is 25.1 Å². The molecule has 0 radical (unpaired) electrons. The number of nitrogens with one attached hydrogen (secondary N) is 1. The van der Waals surface area contributed by atoms with Crippen molar-refractivity contribution in [3.63, 3.8) is 0 Å². The lowest BCUT2D eigenvalue weighted by Gasteiger charge is -2.11. The molecule has 9 heteroatoms. The van der Waals surface area contributed by atoms with E-state index in [-0.39, 0.29) is 6.61 Å². The normalized spacial score (nSPS) is 10.7. The Kier molecular flexibility index (Phi) is 5.37. The summed E-state index contributed by atoms with van der Waals surface area (Å²) in [6.45, 7) is 0.268. The number of rotatable bonds is 7. The number of ether oxygens (including phenoxy) is 3. The topological polar surface area (TPSA) is 99.6 Å². The molecule has 0 bridgehead atoms. The van der Waals surface area contributed by atoms with Crippen LogP contribution >= 0.6 is 0 Å². The van der Waals surface area contributed by atoms with Gasteiger partial charge < -0.3 is 14.2 Å². The number of benzene rings is 2. The van der Waals surface area contributed by atoms with Crippen LogP contribution in [0.4, 0.5) is 5.69 Å². The summed E-state index contributed by atoms with van der Waals surface area (Å²) in [6, 6.07) is 10.4. The minimum atomic E-state index is -2.68. The maximum atomic E-state index is 10.7. The summed E-state index contributed by atoms with van der Waals surface area (Å²) in [5.41, 5.74) is 2.03. The molecule has 0 aliphatic carbocycles. The minimum absolute atomic E-state index is 0.268. The molecule has 26 heavy (non-hydrogen) atoms. The Morgan fingerprint density at radius 3 is 2.35 bits per heavy atom. The van der Waals surface area contributed by atoms with Crippen LogP contribution in [0.25, 0.3) is 10.9 Å². The summed E-state index contributed by atoms with van der Waals surface area (Å²) in [6.07, 6.45) is 1.42. The van der Waals surface area contributed by atoms with Crippen molar-refractivity contribution in [3.05, 3.63) is 48.3 Å². The largest absolute Gasteiger partial charge is 0.493 e. The number of methoxy groups -OCH3 is 2. The van der Waals surface area contributed by atoms with E-state index < -0.39 is 10.9 Å². The van der Waals surface area contributed by atoms with Gasteiger partial charge in [-0.15, -0.1) is 0 Å². The molecule has 3 rings (SSSR count). The summed E-state index contributed by atoms with van der Waals surface area (Å²) >= 11 is 0. The number of thiol groups is 1. The average Bonchev–Trinajstić information content (AvgIpc) is 2.65. The maximum Gasteiger partial charge on any atom is 0.224 e. The molecular formula is C17H17N3O5S. The summed E-state index contributed by atoms with van der Waals surface area (Å²) in [4.78, 5) is 8.42. The van der Waals surface area contributed by atoms with Gasteiger partial charge in [0.2, 0.25) is 16.8 Å². The van der Waals surface area contributed by atoms with Crippen LogP contribution in [-0.4, -0.2) is 32.6 Å². The fourth-order valence-corrected chi connectivity index (χ4v) is 2.77. The van der Waals surface area contributed by atoms with Gasteiger partial charge in [-0.05, 0) is 23.8 Å². The summed E-state index contributed by atoms with van der Waals surface area (Å²) in [5.74, 6) is 1.55. The molecule has 0 saturated carbocycles. The molecule has 0 fully saturated rings. The molecule has 0 saturated heterocycles. The Hall–Kier alpha value is -3.07. The predicted molar refractivity (Wildman–Crippen MR) is 97.4 cm³/mol. The van der Waals surface area contributed by atoms with Gasteiger partial charge >= 0.3 is 0 Å². The highest BCUT2D eigenvalue weighted by Gasteiger charge is 2.12. The molecule has 1 heterocycles. The number of anilines is 1. The van der Waals surface area contributed by atoms with Crippen LogP contribution in [-0.2, 0) is 17.5 Å². The fraction of sp³-hybridized carbons (Fsp3) is 0.176. The molecule has 0 aliphatic rings. The standard InChI is InChI=1S/C17H17N3O5S/c1-23-15-7-13-14(8-16(15)24-2)18-10-19-17(13)25-9-11-3-5-12(6-4-11)20-26(21)22/h3-8,10,26H,9H2,1-2H3,(H,20,21,22). The number of hydrogen-bond acceptors (Lipinski definition) is 7. The van der Waals surface area contributed by atoms with Crippen LogP contribution < -0.4 is 18.9 Å². The number of nitrogens with zero attached hydrogens (tertiary/aromatic N) is 2. The smallest absolute Gasteiger partial charge is 0.224 e. The van der Waals surface area contributed by atoms with Crippen molar-refractivity contribution < 1.29 is 22.6 Å². The van der Waals surface area contributed by atoms with Gasteiger partial charge in [0.25, 0.3) is 0 Å². The van der Waals surface area contributed by atoms with E-state index in [1.54, 1.807) is 50.6 Å². The van der Waals surface area contributed by atoms with E-state index in [4.69, 9.17) is 14.2 Å². The quantitative estimate of drug-likeness (QED) is 0.611. The first-order chi connectivity index (χ1) is 12.6. The number of aromatic nitrogens is 2. The Balaban J connectivity index is 1.82. The van der Waals surface area contributed by atoms with Crippen molar-refractivity contribution in [1.82, 2.24) is 9.97 Å². The van der Waals surface area contributed by atoms with E-state index in [1.165, 1.54) is 6.33 Å². The number of hydrogen-bond donors (Lipinski definition) is 2. The van der Waals surface area contributed by atoms with Crippen LogP contribution in [0.5, 0.6) is 17.4 Å². The second-order valence-corrected chi connectivity index (χ2v) is 6.00. The van der Waals surface area contributed by atoms with Crippen molar-refractivity contribution in [2.45, 2.75) is 6.61 Å². The maximum absolute atomic E-state index is 10.7. The van der Waals surface area contributed by atoms with Crippen molar-refractivity contribution in [3.8, 4) is 17.4 Å². The Bertz CT molecular complexity index is 982. The lowest BCUT2D eigenvalue weighted by molar-refractivity contribution is 0.297. The van der Waals surface area contributed by atoms with Gasteiger partial charge in [0.1, 0.15) is 12.9 Å². The first-order valence-corrected chi connectivity index (χ1v) is 8.78. The van der Waals surface area contributed by atoms with Gasteiger partial charge in [0.15, 0.2) is 11.5 Å². The minimum Gasteiger partial charge on any atom is -0.493 e. The fourth-order valence-electron chi connectivity index (χ4n) is 2.41. The van der Waals surface area contributed by atoms with Crippen LogP contribution in [0.2, 0.25) is 0 Å². The third kappa shape index (κ3) is 3.94. The van der Waals surface area contributed by atoms with E-state index in [0.717, 1.165) is 5.56 Å². The Morgan fingerprint density at radius 2 is 1.69 bits per heavy atom. The van der Waals surface area contributed by atoms with E-state index in [9.17, 15) is 8.42 Å². The molecule has 1 aromatic heterocycles. The van der Waals surface area contributed by atoms with E-state index in [2.05, 4.69) is 14.7 Å². The third-order valence-corrected chi connectivity index (χ3v) is 4.09. The van der Waals surface area contributed by atoms with Crippen molar-refractivity contribution in [2.24, 2.45) is 0 Å². The zero-order valence-corrected chi connectivity index (χ0v) is 15.0. The van der Waals surface area contributed by atoms with Crippen LogP contribution in [0.15, 0.2) is 42.7 Å². The van der Waals surface area contributed by atoms with Gasteiger partial charge in [-0.1, -0.05) is 12.1 Å². The SMILES string of the molecule is COc1cc2ncnc(OCc3ccc(N[SH](=O)=O)cc3)c2cc1OC. The molecule has 0 amide bonds. The molecular weight excluding hydrogens is 358 g/mol. The van der Waals surface area contributed by atoms with E-state index >= 15 is 0 Å². The van der Waals surface area contributed by atoms with Crippen molar-refractivity contribution in [2.75, 3.05) is 18.9 Å². The third-order valence-electron chi connectivity index (χ3n) is 3.65. The summed E-state index contributed by atoms with van der Waals surface area (Å²) in [7, 11) is 0.434. The number of fused-ring (bicyclic) bond motifs is 1. The summed E-state index contributed by atoms with van der Waals surface area (Å²) < 4.78 is 40.0. The summed E-state index contributed by atoms with van der Waals surface area (Å²) in [5, 5.41) is 0.701. The van der Waals surface area contributed by atoms with Crippen LogP contribution in [0, 0.1) is 0 Å². The van der Waals surface area contributed by atoms with Gasteiger partial charge in [-0.3, -0.25) is 4.72 Å². The van der Waals surface area contributed by atoms with E-state index in [1.807, 2.05) is 0 Å². The molecule has 3 aromatic rings. The molecule has 0 atom stereocenters. The zero-order valence-electron chi connectivity index (χ0n) is 14.1. The van der Waals surface area contributed by atoms with Crippen LogP contribution in [0.1, 0.15) is 5.56 Å². The average molecular weight is 375 g/mol. The highest BCUT2D eigenvalue weighted by atomic mass is 32.2. The Labute approximate surface area is 151 Å². The molecule has 0 aliphatic heterocycles. The molecule has 136 valence electrons. The van der Waals surface area contributed by atoms with Gasteiger partial charge in [0, 0.05) is 11.8 Å². The molecule has 0 spiro atoms. The Morgan fingerprint density at radius 1 is 1.00 bits per heavy atom. The first-order valence-electron chi connectivity index (χ1n) is 7.60. The molecule has 0 unspecified atom stereocenters. The lowest BCUT2D eigenvalue weighted by atomic mass is 10.2. The highest BCUT2D eigenvalue weighted by Crippen LogP contribution is 2.34. The molecule has 1 N–H and O–H groups in total. The highest BCUT2D eigenvalue weighted by molar-refractivity contribution is 7.73. The van der Waals surface area contributed by atoms with Gasteiger partial charge in [-0.2, -0.15) is 0 Å². The second-order valence-electron chi connectivity index (χ2n) is 5.26. The first kappa shape index (κ1) is 17.7.